The van der Waals surface area contributed by atoms with E-state index >= 15 is 0 Å². The van der Waals surface area contributed by atoms with Gasteiger partial charge in [-0.2, -0.15) is 0 Å². The quantitative estimate of drug-likeness (QED) is 0.817. The normalized spacial score (nSPS) is 14.1. The fourth-order valence-electron chi connectivity index (χ4n) is 1.15. The van der Waals surface area contributed by atoms with E-state index in [1.54, 1.807) is 11.3 Å². The van der Waals surface area contributed by atoms with Gasteiger partial charge in [-0.3, -0.25) is 0 Å². The molecule has 0 aliphatic carbocycles. The third kappa shape index (κ3) is 5.87. The van der Waals surface area contributed by atoms with Gasteiger partial charge in [0.1, 0.15) is 4.34 Å². The molecule has 1 unspecified atom stereocenters. The second-order valence-corrected chi connectivity index (χ2v) is 7.43. The van der Waals surface area contributed by atoms with Crippen molar-refractivity contribution in [2.75, 3.05) is 12.3 Å². The topological polar surface area (TPSA) is 24.9 Å². The van der Waals surface area contributed by atoms with Gasteiger partial charge in [0, 0.05) is 22.4 Å². The van der Waals surface area contributed by atoms with Crippen molar-refractivity contribution in [2.45, 2.75) is 44.5 Å². The molecule has 4 heteroatoms. The lowest BCUT2D eigenvalue weighted by molar-refractivity contribution is 0.395. The van der Waals surface area contributed by atoms with Crippen LogP contribution in [-0.2, 0) is 0 Å². The summed E-state index contributed by atoms with van der Waals surface area (Å²) in [5.74, 6) is 1.81. The molecule has 0 aromatic carbocycles. The average molecular weight is 258 g/mol. The molecule has 0 saturated carbocycles. The number of thioether (sulfide) groups is 1. The van der Waals surface area contributed by atoms with Crippen LogP contribution < -0.4 is 5.32 Å². The Morgan fingerprint density at radius 2 is 2.19 bits per heavy atom. The van der Waals surface area contributed by atoms with Gasteiger partial charge in [0.2, 0.25) is 0 Å². The van der Waals surface area contributed by atoms with Crippen LogP contribution in [0.4, 0.5) is 0 Å². The number of aryl methyl sites for hydroxylation is 1. The molecule has 1 rings (SSSR count). The standard InChI is InChI=1S/C12H22N2S2/c1-9(6-13-12(3,4)5)7-15-11-14-10(2)8-16-11/h8-9,13H,6-7H2,1-5H3. The predicted octanol–water partition coefficient (Wildman–Crippen LogP) is 3.57. The summed E-state index contributed by atoms with van der Waals surface area (Å²) in [6, 6.07) is 0. The van der Waals surface area contributed by atoms with E-state index in [1.165, 1.54) is 4.34 Å². The highest BCUT2D eigenvalue weighted by Crippen LogP contribution is 2.24. The van der Waals surface area contributed by atoms with E-state index in [-0.39, 0.29) is 5.54 Å². The Morgan fingerprint density at radius 1 is 1.50 bits per heavy atom. The number of rotatable bonds is 5. The van der Waals surface area contributed by atoms with E-state index in [2.05, 4.69) is 43.4 Å². The molecular weight excluding hydrogens is 236 g/mol. The molecule has 1 aromatic rings. The fourth-order valence-corrected chi connectivity index (χ4v) is 3.05. The van der Waals surface area contributed by atoms with Crippen LogP contribution in [0.3, 0.4) is 0 Å². The zero-order valence-corrected chi connectivity index (χ0v) is 12.5. The molecule has 1 aromatic heterocycles. The molecule has 0 fully saturated rings. The highest BCUT2D eigenvalue weighted by atomic mass is 32.2. The lowest BCUT2D eigenvalue weighted by Crippen LogP contribution is -2.39. The molecule has 1 atom stereocenters. The third-order valence-corrected chi connectivity index (χ3v) is 4.54. The Balaban J connectivity index is 2.22. The summed E-state index contributed by atoms with van der Waals surface area (Å²) in [6.07, 6.45) is 0. The van der Waals surface area contributed by atoms with Crippen molar-refractivity contribution in [1.82, 2.24) is 10.3 Å². The summed E-state index contributed by atoms with van der Waals surface area (Å²) in [5.41, 5.74) is 1.35. The van der Waals surface area contributed by atoms with Crippen LogP contribution in [0, 0.1) is 12.8 Å². The van der Waals surface area contributed by atoms with Crippen LogP contribution in [0.2, 0.25) is 0 Å². The second kappa shape index (κ2) is 6.03. The Kier molecular flexibility index (Phi) is 5.28. The summed E-state index contributed by atoms with van der Waals surface area (Å²) < 4.78 is 1.19. The molecule has 1 N–H and O–H groups in total. The van der Waals surface area contributed by atoms with Crippen molar-refractivity contribution in [3.05, 3.63) is 11.1 Å². The zero-order chi connectivity index (χ0) is 12.2. The van der Waals surface area contributed by atoms with Crippen molar-refractivity contribution >= 4 is 23.1 Å². The van der Waals surface area contributed by atoms with E-state index in [1.807, 2.05) is 18.7 Å². The predicted molar refractivity (Wildman–Crippen MR) is 74.5 cm³/mol. The van der Waals surface area contributed by atoms with Crippen LogP contribution in [0.15, 0.2) is 9.72 Å². The Labute approximate surface area is 107 Å². The Hall–Kier alpha value is -0.0600. The average Bonchev–Trinajstić information content (AvgIpc) is 2.57. The van der Waals surface area contributed by atoms with E-state index in [0.717, 1.165) is 18.0 Å². The molecule has 0 bridgehead atoms. The molecule has 16 heavy (non-hydrogen) atoms. The molecular formula is C12H22N2S2. The van der Waals surface area contributed by atoms with Gasteiger partial charge in [0.05, 0.1) is 0 Å². The van der Waals surface area contributed by atoms with Gasteiger partial charge in [-0.1, -0.05) is 18.7 Å². The largest absolute Gasteiger partial charge is 0.312 e. The highest BCUT2D eigenvalue weighted by molar-refractivity contribution is 8.01. The maximum Gasteiger partial charge on any atom is 0.150 e. The van der Waals surface area contributed by atoms with Crippen molar-refractivity contribution in [3.8, 4) is 0 Å². The number of hydrogen-bond acceptors (Lipinski definition) is 4. The minimum atomic E-state index is 0.219. The van der Waals surface area contributed by atoms with Crippen LogP contribution in [0.1, 0.15) is 33.4 Å². The van der Waals surface area contributed by atoms with Crippen molar-refractivity contribution in [3.63, 3.8) is 0 Å². The van der Waals surface area contributed by atoms with Gasteiger partial charge in [-0.25, -0.2) is 4.98 Å². The number of thiazole rings is 1. The monoisotopic (exact) mass is 258 g/mol. The number of aromatic nitrogens is 1. The van der Waals surface area contributed by atoms with E-state index in [9.17, 15) is 0 Å². The van der Waals surface area contributed by atoms with Gasteiger partial charge in [0.15, 0.2) is 0 Å². The molecule has 0 aliphatic heterocycles. The lowest BCUT2D eigenvalue weighted by atomic mass is 10.1. The molecule has 0 saturated heterocycles. The van der Waals surface area contributed by atoms with Crippen LogP contribution in [0.5, 0.6) is 0 Å². The molecule has 2 nitrogen and oxygen atoms in total. The molecule has 0 spiro atoms. The summed E-state index contributed by atoms with van der Waals surface area (Å²) >= 11 is 3.61. The minimum absolute atomic E-state index is 0.219. The Morgan fingerprint density at radius 3 is 2.69 bits per heavy atom. The zero-order valence-electron chi connectivity index (χ0n) is 10.8. The highest BCUT2D eigenvalue weighted by Gasteiger charge is 2.11. The number of nitrogens with one attached hydrogen (secondary N) is 1. The summed E-state index contributed by atoms with van der Waals surface area (Å²) in [6.45, 7) is 12.0. The van der Waals surface area contributed by atoms with E-state index in [0.29, 0.717) is 5.92 Å². The molecule has 92 valence electrons. The molecule has 1 heterocycles. The van der Waals surface area contributed by atoms with Crippen LogP contribution in [-0.4, -0.2) is 22.8 Å². The van der Waals surface area contributed by atoms with Gasteiger partial charge >= 0.3 is 0 Å². The first-order chi connectivity index (χ1) is 7.37. The molecule has 0 amide bonds. The molecule has 0 radical (unpaired) electrons. The van der Waals surface area contributed by atoms with Crippen molar-refractivity contribution in [1.29, 1.82) is 0 Å². The first kappa shape index (κ1) is 14.0. The first-order valence-electron chi connectivity index (χ1n) is 5.67. The Bertz CT molecular complexity index is 315. The first-order valence-corrected chi connectivity index (χ1v) is 7.53. The summed E-state index contributed by atoms with van der Waals surface area (Å²) in [7, 11) is 0. The van der Waals surface area contributed by atoms with Gasteiger partial charge in [-0.05, 0) is 40.2 Å². The SMILES string of the molecule is Cc1csc(SCC(C)CNC(C)(C)C)n1. The lowest BCUT2D eigenvalue weighted by Gasteiger charge is -2.23. The summed E-state index contributed by atoms with van der Waals surface area (Å²) in [4.78, 5) is 4.45. The van der Waals surface area contributed by atoms with Crippen LogP contribution >= 0.6 is 23.1 Å². The molecule has 0 aliphatic rings. The smallest absolute Gasteiger partial charge is 0.150 e. The number of hydrogen-bond donors (Lipinski definition) is 1. The maximum absolute atomic E-state index is 4.45. The van der Waals surface area contributed by atoms with Gasteiger partial charge in [0.25, 0.3) is 0 Å². The van der Waals surface area contributed by atoms with E-state index in [4.69, 9.17) is 0 Å². The maximum atomic E-state index is 4.45. The van der Waals surface area contributed by atoms with Gasteiger partial charge < -0.3 is 5.32 Å². The minimum Gasteiger partial charge on any atom is -0.312 e. The number of nitrogens with zero attached hydrogens (tertiary/aromatic N) is 1. The van der Waals surface area contributed by atoms with Crippen molar-refractivity contribution < 1.29 is 0 Å². The van der Waals surface area contributed by atoms with Crippen molar-refractivity contribution in [2.24, 2.45) is 5.92 Å². The third-order valence-electron chi connectivity index (χ3n) is 2.07. The van der Waals surface area contributed by atoms with E-state index < -0.39 is 0 Å². The fraction of sp³-hybridized carbons (Fsp3) is 0.750. The van der Waals surface area contributed by atoms with Gasteiger partial charge in [-0.15, -0.1) is 11.3 Å². The summed E-state index contributed by atoms with van der Waals surface area (Å²) in [5, 5.41) is 5.64. The second-order valence-electron chi connectivity index (χ2n) is 5.30. The van der Waals surface area contributed by atoms with Crippen LogP contribution in [0.25, 0.3) is 0 Å².